The van der Waals surface area contributed by atoms with Gasteiger partial charge in [-0.25, -0.2) is 4.98 Å². The summed E-state index contributed by atoms with van der Waals surface area (Å²) in [4.78, 5) is 32.3. The van der Waals surface area contributed by atoms with E-state index in [4.69, 9.17) is 0 Å². The maximum atomic E-state index is 12.5. The number of amides is 1. The fourth-order valence-corrected chi connectivity index (χ4v) is 3.90. The van der Waals surface area contributed by atoms with Crippen LogP contribution >= 0.6 is 11.3 Å². The van der Waals surface area contributed by atoms with Gasteiger partial charge in [-0.3, -0.25) is 14.2 Å². The molecule has 0 aromatic carbocycles. The zero-order valence-corrected chi connectivity index (χ0v) is 13.2. The van der Waals surface area contributed by atoms with E-state index in [1.165, 1.54) is 4.88 Å². The molecule has 112 valence electrons. The molecule has 6 heteroatoms. The molecule has 1 amide bonds. The molecule has 0 unspecified atom stereocenters. The number of likely N-dealkylation sites (tertiary alicyclic amines) is 1. The first-order chi connectivity index (χ1) is 10.1. The van der Waals surface area contributed by atoms with Crippen LogP contribution in [-0.4, -0.2) is 33.4 Å². The maximum absolute atomic E-state index is 12.5. The predicted molar refractivity (Wildman–Crippen MR) is 83.7 cm³/mol. The lowest BCUT2D eigenvalue weighted by Crippen LogP contribution is -2.35. The van der Waals surface area contributed by atoms with Gasteiger partial charge in [0, 0.05) is 30.9 Å². The van der Waals surface area contributed by atoms with E-state index in [0.717, 1.165) is 24.1 Å². The molecule has 0 aliphatic carbocycles. The van der Waals surface area contributed by atoms with Crippen LogP contribution in [0.2, 0.25) is 0 Å². The van der Waals surface area contributed by atoms with Gasteiger partial charge in [0.1, 0.15) is 4.83 Å². The van der Waals surface area contributed by atoms with Crippen LogP contribution in [0.25, 0.3) is 10.2 Å². The molecular weight excluding hydrogens is 286 g/mol. The first-order valence-electron chi connectivity index (χ1n) is 7.33. The van der Waals surface area contributed by atoms with Gasteiger partial charge in [0.05, 0.1) is 11.7 Å². The van der Waals surface area contributed by atoms with E-state index in [2.05, 4.69) is 11.9 Å². The Morgan fingerprint density at radius 3 is 2.90 bits per heavy atom. The van der Waals surface area contributed by atoms with Crippen LogP contribution in [0.4, 0.5) is 0 Å². The second-order valence-corrected chi connectivity index (χ2v) is 6.70. The summed E-state index contributed by atoms with van der Waals surface area (Å²) in [6.45, 7) is 2.66. The molecule has 0 radical (unpaired) electrons. The van der Waals surface area contributed by atoms with Gasteiger partial charge in [-0.1, -0.05) is 13.3 Å². The number of fused-ring (bicyclic) bond motifs is 1. The smallest absolute Gasteiger partial charge is 0.262 e. The van der Waals surface area contributed by atoms with Crippen LogP contribution < -0.4 is 5.56 Å². The van der Waals surface area contributed by atoms with Crippen molar-refractivity contribution in [1.82, 2.24) is 14.5 Å². The quantitative estimate of drug-likeness (QED) is 0.868. The third-order valence-corrected chi connectivity index (χ3v) is 5.21. The number of rotatable bonds is 4. The molecule has 2 aromatic rings. The average Bonchev–Trinajstić information content (AvgIpc) is 3.01. The fourth-order valence-electron chi connectivity index (χ4n) is 2.81. The number of aryl methyl sites for hydroxylation is 1. The van der Waals surface area contributed by atoms with Crippen LogP contribution in [0, 0.1) is 0 Å². The highest BCUT2D eigenvalue weighted by atomic mass is 32.1. The van der Waals surface area contributed by atoms with Gasteiger partial charge < -0.3 is 4.90 Å². The Bertz CT molecular complexity index is 734. The molecule has 1 aliphatic rings. The minimum atomic E-state index is 0.00588. The van der Waals surface area contributed by atoms with Crippen molar-refractivity contribution >= 4 is 27.5 Å². The minimum absolute atomic E-state index is 0.00588. The molecular formula is C15H19N3O2S. The Morgan fingerprint density at radius 2 is 2.24 bits per heavy atom. The summed E-state index contributed by atoms with van der Waals surface area (Å²) in [5.74, 6) is 0.155. The molecule has 1 atom stereocenters. The number of nitrogens with zero attached hydrogens (tertiary/aromatic N) is 3. The molecule has 0 bridgehead atoms. The SMILES string of the molecule is CCCc1cc2c(=O)n(C[C@H]3CCC(=O)N3C)cnc2s1. The van der Waals surface area contributed by atoms with Crippen molar-refractivity contribution in [2.45, 2.75) is 45.2 Å². The normalized spacial score (nSPS) is 18.9. The highest BCUT2D eigenvalue weighted by molar-refractivity contribution is 7.18. The van der Waals surface area contributed by atoms with Crippen molar-refractivity contribution in [2.24, 2.45) is 0 Å². The van der Waals surface area contributed by atoms with Gasteiger partial charge in [0.25, 0.3) is 5.56 Å². The molecule has 3 heterocycles. The Morgan fingerprint density at radius 1 is 1.43 bits per heavy atom. The van der Waals surface area contributed by atoms with Gasteiger partial charge in [0.2, 0.25) is 5.91 Å². The molecule has 0 N–H and O–H groups in total. The summed E-state index contributed by atoms with van der Waals surface area (Å²) in [5.41, 5.74) is 0.00588. The van der Waals surface area contributed by atoms with Gasteiger partial charge in [0.15, 0.2) is 0 Å². The molecule has 0 spiro atoms. The monoisotopic (exact) mass is 305 g/mol. The van der Waals surface area contributed by atoms with Gasteiger partial charge in [-0.05, 0) is 18.9 Å². The molecule has 0 saturated carbocycles. The zero-order valence-electron chi connectivity index (χ0n) is 12.3. The lowest BCUT2D eigenvalue weighted by atomic mass is 10.2. The number of hydrogen-bond acceptors (Lipinski definition) is 4. The first kappa shape index (κ1) is 14.3. The van der Waals surface area contributed by atoms with Crippen LogP contribution in [0.1, 0.15) is 31.1 Å². The third kappa shape index (κ3) is 2.60. The molecule has 2 aromatic heterocycles. The van der Waals surface area contributed by atoms with Crippen LogP contribution in [0.5, 0.6) is 0 Å². The number of thiophene rings is 1. The number of carbonyl (C=O) groups is 1. The topological polar surface area (TPSA) is 55.2 Å². The van der Waals surface area contributed by atoms with Gasteiger partial charge >= 0.3 is 0 Å². The van der Waals surface area contributed by atoms with Crippen molar-refractivity contribution in [1.29, 1.82) is 0 Å². The largest absolute Gasteiger partial charge is 0.341 e. The van der Waals surface area contributed by atoms with E-state index < -0.39 is 0 Å². The highest BCUT2D eigenvalue weighted by Gasteiger charge is 2.28. The Hall–Kier alpha value is -1.69. The Balaban J connectivity index is 1.91. The first-order valence-corrected chi connectivity index (χ1v) is 8.15. The zero-order chi connectivity index (χ0) is 15.0. The maximum Gasteiger partial charge on any atom is 0.262 e. The lowest BCUT2D eigenvalue weighted by molar-refractivity contribution is -0.127. The fraction of sp³-hybridized carbons (Fsp3) is 0.533. The van der Waals surface area contributed by atoms with E-state index in [0.29, 0.717) is 18.4 Å². The molecule has 1 aliphatic heterocycles. The van der Waals surface area contributed by atoms with Crippen molar-refractivity contribution in [3.63, 3.8) is 0 Å². The lowest BCUT2D eigenvalue weighted by Gasteiger charge is -2.20. The summed E-state index contributed by atoms with van der Waals surface area (Å²) in [5, 5.41) is 0.706. The summed E-state index contributed by atoms with van der Waals surface area (Å²) in [7, 11) is 1.81. The second-order valence-electron chi connectivity index (χ2n) is 5.58. The van der Waals surface area contributed by atoms with Crippen molar-refractivity contribution in [3.05, 3.63) is 27.6 Å². The van der Waals surface area contributed by atoms with E-state index in [-0.39, 0.29) is 17.5 Å². The Labute approximate surface area is 127 Å². The van der Waals surface area contributed by atoms with E-state index in [9.17, 15) is 9.59 Å². The van der Waals surface area contributed by atoms with E-state index in [1.807, 2.05) is 6.07 Å². The van der Waals surface area contributed by atoms with Gasteiger partial charge in [-0.2, -0.15) is 0 Å². The predicted octanol–water partition coefficient (Wildman–Crippen LogP) is 2.03. The van der Waals surface area contributed by atoms with Crippen molar-refractivity contribution in [2.75, 3.05) is 7.05 Å². The van der Waals surface area contributed by atoms with Crippen LogP contribution in [0.15, 0.2) is 17.2 Å². The Kier molecular flexibility index (Phi) is 3.80. The number of aromatic nitrogens is 2. The second kappa shape index (κ2) is 5.60. The number of likely N-dealkylation sites (N-methyl/N-ethyl adjacent to an activating group) is 1. The molecule has 5 nitrogen and oxygen atoms in total. The van der Waals surface area contributed by atoms with Crippen LogP contribution in [-0.2, 0) is 17.8 Å². The van der Waals surface area contributed by atoms with E-state index >= 15 is 0 Å². The third-order valence-electron chi connectivity index (χ3n) is 4.11. The number of hydrogen-bond donors (Lipinski definition) is 0. The summed E-state index contributed by atoms with van der Waals surface area (Å²) in [6, 6.07) is 2.07. The summed E-state index contributed by atoms with van der Waals surface area (Å²) >= 11 is 1.60. The molecule has 1 saturated heterocycles. The van der Waals surface area contributed by atoms with Crippen molar-refractivity contribution < 1.29 is 4.79 Å². The summed E-state index contributed by atoms with van der Waals surface area (Å²) in [6.07, 6.45) is 5.05. The van der Waals surface area contributed by atoms with Crippen molar-refractivity contribution in [3.8, 4) is 0 Å². The van der Waals surface area contributed by atoms with E-state index in [1.54, 1.807) is 34.2 Å². The van der Waals surface area contributed by atoms with Gasteiger partial charge in [-0.15, -0.1) is 11.3 Å². The summed E-state index contributed by atoms with van der Waals surface area (Å²) < 4.78 is 1.64. The average molecular weight is 305 g/mol. The standard InChI is InChI=1S/C15H19N3O2S/c1-3-4-11-7-12-14(21-11)16-9-18(15(12)20)8-10-5-6-13(19)17(10)2/h7,9-10H,3-6,8H2,1-2H3/t10-/m1/s1. The molecule has 21 heavy (non-hydrogen) atoms. The minimum Gasteiger partial charge on any atom is -0.341 e. The molecule has 1 fully saturated rings. The highest BCUT2D eigenvalue weighted by Crippen LogP contribution is 2.22. The van der Waals surface area contributed by atoms with Crippen LogP contribution in [0.3, 0.4) is 0 Å². The number of carbonyl (C=O) groups excluding carboxylic acids is 1. The molecule has 3 rings (SSSR count).